The summed E-state index contributed by atoms with van der Waals surface area (Å²) in [5, 5.41) is 2.84. The minimum Gasteiger partial charge on any atom is -0.353 e. The number of piperazine rings is 1. The smallest absolute Gasteiger partial charge is 0.237 e. The van der Waals surface area contributed by atoms with Crippen molar-refractivity contribution in [2.45, 2.75) is 32.4 Å². The minimum atomic E-state index is -0.0861. The van der Waals surface area contributed by atoms with Crippen LogP contribution in [-0.4, -0.2) is 42.0 Å². The molecule has 0 saturated carbocycles. The lowest BCUT2D eigenvalue weighted by Gasteiger charge is -2.43. The Morgan fingerprint density at radius 3 is 2.85 bits per heavy atom. The highest BCUT2D eigenvalue weighted by Gasteiger charge is 2.34. The van der Waals surface area contributed by atoms with Gasteiger partial charge in [0.15, 0.2) is 0 Å². The maximum Gasteiger partial charge on any atom is 0.237 e. The molecule has 0 radical (unpaired) electrons. The van der Waals surface area contributed by atoms with Gasteiger partial charge in [-0.15, -0.1) is 0 Å². The third-order valence-electron chi connectivity index (χ3n) is 2.78. The zero-order chi connectivity index (χ0) is 10.1. The van der Waals surface area contributed by atoms with Gasteiger partial charge >= 0.3 is 0 Å². The summed E-state index contributed by atoms with van der Waals surface area (Å²) in [6, 6.07) is -0.0627. The highest BCUT2D eigenvalue weighted by Crippen LogP contribution is 2.17. The number of hydrogen-bond donors (Lipinski definition) is 2. The molecule has 1 amide bonds. The molecule has 13 heavy (non-hydrogen) atoms. The Bertz CT molecular complexity index is 203. The van der Waals surface area contributed by atoms with Gasteiger partial charge in [-0.3, -0.25) is 9.69 Å². The van der Waals surface area contributed by atoms with Crippen molar-refractivity contribution in [3.05, 3.63) is 0 Å². The SMILES string of the molecule is CC1C(=O)NCCN1C(C)(C)CN. The van der Waals surface area contributed by atoms with Crippen LogP contribution in [0.3, 0.4) is 0 Å². The number of carbonyl (C=O) groups excluding carboxylic acids is 1. The molecule has 1 aliphatic heterocycles. The maximum atomic E-state index is 11.4. The zero-order valence-corrected chi connectivity index (χ0v) is 8.63. The molecular formula is C9H19N3O. The van der Waals surface area contributed by atoms with Crippen molar-refractivity contribution in [2.24, 2.45) is 5.73 Å². The molecule has 4 heteroatoms. The van der Waals surface area contributed by atoms with Gasteiger partial charge in [0.2, 0.25) is 5.91 Å². The second kappa shape index (κ2) is 3.64. The largest absolute Gasteiger partial charge is 0.353 e. The Labute approximate surface area is 79.5 Å². The second-order valence-corrected chi connectivity index (χ2v) is 4.18. The van der Waals surface area contributed by atoms with Gasteiger partial charge in [0.25, 0.3) is 0 Å². The highest BCUT2D eigenvalue weighted by atomic mass is 16.2. The summed E-state index contributed by atoms with van der Waals surface area (Å²) < 4.78 is 0. The van der Waals surface area contributed by atoms with Gasteiger partial charge in [-0.1, -0.05) is 0 Å². The summed E-state index contributed by atoms with van der Waals surface area (Å²) in [6.45, 7) is 8.25. The molecule has 4 nitrogen and oxygen atoms in total. The number of hydrogen-bond acceptors (Lipinski definition) is 3. The van der Waals surface area contributed by atoms with Crippen molar-refractivity contribution in [1.82, 2.24) is 10.2 Å². The first-order valence-corrected chi connectivity index (χ1v) is 4.73. The topological polar surface area (TPSA) is 58.4 Å². The first-order chi connectivity index (χ1) is 5.99. The lowest BCUT2D eigenvalue weighted by molar-refractivity contribution is -0.131. The number of nitrogens with two attached hydrogens (primary N) is 1. The number of amides is 1. The first-order valence-electron chi connectivity index (χ1n) is 4.73. The van der Waals surface area contributed by atoms with E-state index in [1.54, 1.807) is 0 Å². The van der Waals surface area contributed by atoms with Crippen molar-refractivity contribution < 1.29 is 4.79 Å². The monoisotopic (exact) mass is 185 g/mol. The van der Waals surface area contributed by atoms with E-state index in [0.717, 1.165) is 13.1 Å². The molecule has 0 aliphatic carbocycles. The lowest BCUT2D eigenvalue weighted by atomic mass is 9.99. The fraction of sp³-hybridized carbons (Fsp3) is 0.889. The third-order valence-corrected chi connectivity index (χ3v) is 2.78. The number of nitrogens with zero attached hydrogens (tertiary/aromatic N) is 1. The Morgan fingerprint density at radius 2 is 2.31 bits per heavy atom. The molecule has 0 bridgehead atoms. The van der Waals surface area contributed by atoms with Gasteiger partial charge in [0.05, 0.1) is 6.04 Å². The Hall–Kier alpha value is -0.610. The van der Waals surface area contributed by atoms with Gasteiger partial charge in [-0.2, -0.15) is 0 Å². The van der Waals surface area contributed by atoms with Crippen LogP contribution >= 0.6 is 0 Å². The van der Waals surface area contributed by atoms with Crippen LogP contribution in [-0.2, 0) is 4.79 Å². The van der Waals surface area contributed by atoms with E-state index < -0.39 is 0 Å². The zero-order valence-electron chi connectivity index (χ0n) is 8.63. The molecule has 0 spiro atoms. The normalized spacial score (nSPS) is 25.8. The number of carbonyl (C=O) groups is 1. The van der Waals surface area contributed by atoms with Crippen molar-refractivity contribution in [3.8, 4) is 0 Å². The van der Waals surface area contributed by atoms with E-state index >= 15 is 0 Å². The quantitative estimate of drug-likeness (QED) is 0.612. The van der Waals surface area contributed by atoms with E-state index in [1.165, 1.54) is 0 Å². The Kier molecular flexibility index (Phi) is 2.93. The van der Waals surface area contributed by atoms with E-state index in [0.29, 0.717) is 6.54 Å². The van der Waals surface area contributed by atoms with Crippen LogP contribution in [0.2, 0.25) is 0 Å². The summed E-state index contributed by atoms with van der Waals surface area (Å²) in [4.78, 5) is 13.5. The van der Waals surface area contributed by atoms with Crippen LogP contribution in [0.25, 0.3) is 0 Å². The molecule has 1 fully saturated rings. The number of nitrogens with one attached hydrogen (secondary N) is 1. The highest BCUT2D eigenvalue weighted by molar-refractivity contribution is 5.82. The molecular weight excluding hydrogens is 166 g/mol. The molecule has 0 aromatic heterocycles. The first kappa shape index (κ1) is 10.5. The second-order valence-electron chi connectivity index (χ2n) is 4.18. The average Bonchev–Trinajstić information content (AvgIpc) is 2.09. The predicted molar refractivity (Wildman–Crippen MR) is 52.3 cm³/mol. The van der Waals surface area contributed by atoms with Crippen molar-refractivity contribution in [2.75, 3.05) is 19.6 Å². The molecule has 1 rings (SSSR count). The fourth-order valence-corrected chi connectivity index (χ4v) is 1.73. The average molecular weight is 185 g/mol. The Balaban J connectivity index is 2.73. The van der Waals surface area contributed by atoms with E-state index in [9.17, 15) is 4.79 Å². The van der Waals surface area contributed by atoms with Crippen LogP contribution in [0.15, 0.2) is 0 Å². The number of rotatable bonds is 2. The standard InChI is InChI=1S/C9H19N3O/c1-7-8(13)11-4-5-12(7)9(2,3)6-10/h7H,4-6,10H2,1-3H3,(H,11,13). The molecule has 0 aromatic carbocycles. The predicted octanol–water partition coefficient (Wildman–Crippen LogP) is -0.456. The van der Waals surface area contributed by atoms with Crippen LogP contribution in [0.4, 0.5) is 0 Å². The molecule has 3 N–H and O–H groups in total. The molecule has 1 saturated heterocycles. The lowest BCUT2D eigenvalue weighted by Crippen LogP contribution is -2.62. The minimum absolute atomic E-state index is 0.0627. The molecule has 1 atom stereocenters. The third kappa shape index (κ3) is 2.00. The van der Waals surface area contributed by atoms with Gasteiger partial charge in [0.1, 0.15) is 0 Å². The van der Waals surface area contributed by atoms with Crippen molar-refractivity contribution in [1.29, 1.82) is 0 Å². The van der Waals surface area contributed by atoms with Crippen LogP contribution in [0, 0.1) is 0 Å². The summed E-state index contributed by atoms with van der Waals surface area (Å²) in [7, 11) is 0. The van der Waals surface area contributed by atoms with Crippen LogP contribution in [0.5, 0.6) is 0 Å². The van der Waals surface area contributed by atoms with Crippen LogP contribution in [0.1, 0.15) is 20.8 Å². The molecule has 1 heterocycles. The van der Waals surface area contributed by atoms with E-state index in [2.05, 4.69) is 24.1 Å². The summed E-state index contributed by atoms with van der Waals surface area (Å²) in [6.07, 6.45) is 0. The molecule has 76 valence electrons. The van der Waals surface area contributed by atoms with Gasteiger partial charge in [-0.05, 0) is 20.8 Å². The van der Waals surface area contributed by atoms with Crippen molar-refractivity contribution in [3.63, 3.8) is 0 Å². The molecule has 1 aliphatic rings. The van der Waals surface area contributed by atoms with Crippen molar-refractivity contribution >= 4 is 5.91 Å². The summed E-state index contributed by atoms with van der Waals surface area (Å²) >= 11 is 0. The van der Waals surface area contributed by atoms with Gasteiger partial charge < -0.3 is 11.1 Å². The molecule has 1 unspecified atom stereocenters. The van der Waals surface area contributed by atoms with E-state index in [4.69, 9.17) is 5.73 Å². The molecule has 0 aromatic rings. The van der Waals surface area contributed by atoms with E-state index in [-0.39, 0.29) is 17.5 Å². The van der Waals surface area contributed by atoms with Gasteiger partial charge in [-0.25, -0.2) is 0 Å². The summed E-state index contributed by atoms with van der Waals surface area (Å²) in [5.74, 6) is 0.104. The summed E-state index contributed by atoms with van der Waals surface area (Å²) in [5.41, 5.74) is 5.59. The maximum absolute atomic E-state index is 11.4. The fourth-order valence-electron chi connectivity index (χ4n) is 1.73. The van der Waals surface area contributed by atoms with E-state index in [1.807, 2.05) is 6.92 Å². The van der Waals surface area contributed by atoms with Gasteiger partial charge in [0, 0.05) is 25.2 Å². The van der Waals surface area contributed by atoms with Crippen LogP contribution < -0.4 is 11.1 Å². The Morgan fingerprint density at radius 1 is 1.69 bits per heavy atom.